The fourth-order valence-electron chi connectivity index (χ4n) is 3.86. The van der Waals surface area contributed by atoms with Crippen molar-refractivity contribution in [2.75, 3.05) is 5.73 Å². The molecule has 0 unspecified atom stereocenters. The van der Waals surface area contributed by atoms with Crippen LogP contribution in [0.15, 0.2) is 18.2 Å². The van der Waals surface area contributed by atoms with Crippen molar-refractivity contribution in [3.63, 3.8) is 0 Å². The maximum Gasteiger partial charge on any atom is 0.112 e. The summed E-state index contributed by atoms with van der Waals surface area (Å²) in [6, 6.07) is 6.14. The number of hydrogen-bond donors (Lipinski definition) is 1. The van der Waals surface area contributed by atoms with Crippen molar-refractivity contribution in [2.24, 2.45) is 5.41 Å². The monoisotopic (exact) mass is 285 g/mol. The number of aromatic nitrogens is 2. The van der Waals surface area contributed by atoms with Crippen molar-refractivity contribution < 1.29 is 0 Å². The number of imidazole rings is 1. The molecule has 0 saturated heterocycles. The third kappa shape index (κ3) is 2.54. The molecule has 1 aromatic heterocycles. The van der Waals surface area contributed by atoms with Crippen molar-refractivity contribution in [1.29, 1.82) is 0 Å². The highest BCUT2D eigenvalue weighted by atomic mass is 15.1. The summed E-state index contributed by atoms with van der Waals surface area (Å²) in [5.41, 5.74) is 9.48. The summed E-state index contributed by atoms with van der Waals surface area (Å²) in [7, 11) is 0. The maximum atomic E-state index is 5.93. The van der Waals surface area contributed by atoms with E-state index >= 15 is 0 Å². The number of nitrogen functional groups attached to an aromatic ring is 1. The van der Waals surface area contributed by atoms with Crippen LogP contribution in [0.25, 0.3) is 11.0 Å². The average molecular weight is 285 g/mol. The molecule has 2 aromatic rings. The lowest BCUT2D eigenvalue weighted by molar-refractivity contribution is 0.237. The van der Waals surface area contributed by atoms with Crippen molar-refractivity contribution >= 4 is 16.7 Å². The van der Waals surface area contributed by atoms with Crippen molar-refractivity contribution in [3.05, 3.63) is 24.0 Å². The van der Waals surface area contributed by atoms with E-state index in [0.717, 1.165) is 17.7 Å². The summed E-state index contributed by atoms with van der Waals surface area (Å²) < 4.78 is 2.47. The van der Waals surface area contributed by atoms with E-state index in [0.29, 0.717) is 11.3 Å². The summed E-state index contributed by atoms with van der Waals surface area (Å²) in [6.07, 6.45) is 6.74. The molecule has 1 fully saturated rings. The minimum absolute atomic E-state index is 0.439. The van der Waals surface area contributed by atoms with E-state index in [-0.39, 0.29) is 0 Å². The predicted octanol–water partition coefficient (Wildman–Crippen LogP) is 4.71. The number of rotatable bonds is 4. The molecule has 1 heterocycles. The molecule has 21 heavy (non-hydrogen) atoms. The Labute approximate surface area is 127 Å². The molecule has 1 aliphatic carbocycles. The van der Waals surface area contributed by atoms with E-state index in [1.165, 1.54) is 43.4 Å². The number of nitrogens with two attached hydrogens (primary N) is 1. The molecule has 0 aliphatic heterocycles. The third-order valence-corrected chi connectivity index (χ3v) is 5.23. The van der Waals surface area contributed by atoms with Crippen LogP contribution in [-0.4, -0.2) is 9.55 Å². The average Bonchev–Trinajstić information content (AvgIpc) is 3.05. The van der Waals surface area contributed by atoms with Gasteiger partial charge in [0.1, 0.15) is 5.82 Å². The smallest absolute Gasteiger partial charge is 0.112 e. The van der Waals surface area contributed by atoms with Crippen LogP contribution in [0, 0.1) is 5.41 Å². The van der Waals surface area contributed by atoms with Gasteiger partial charge in [-0.15, -0.1) is 0 Å². The fraction of sp³-hybridized carbons (Fsp3) is 0.611. The Kier molecular flexibility index (Phi) is 3.68. The zero-order chi connectivity index (χ0) is 15.0. The second-order valence-electron chi connectivity index (χ2n) is 7.02. The first kappa shape index (κ1) is 14.4. The number of anilines is 1. The Balaban J connectivity index is 2.09. The largest absolute Gasteiger partial charge is 0.399 e. The molecular weight excluding hydrogens is 258 g/mol. The summed E-state index contributed by atoms with van der Waals surface area (Å²) in [5, 5.41) is 0. The van der Waals surface area contributed by atoms with Crippen LogP contribution in [0.4, 0.5) is 5.69 Å². The second kappa shape index (κ2) is 5.36. The van der Waals surface area contributed by atoms with Crippen LogP contribution in [0.2, 0.25) is 0 Å². The highest BCUT2D eigenvalue weighted by molar-refractivity contribution is 5.79. The Morgan fingerprint density at radius 2 is 2.00 bits per heavy atom. The Hall–Kier alpha value is -1.51. The highest BCUT2D eigenvalue weighted by Gasteiger charge is 2.33. The van der Waals surface area contributed by atoms with E-state index < -0.39 is 0 Å². The summed E-state index contributed by atoms with van der Waals surface area (Å²) >= 11 is 0. The Bertz CT molecular complexity index is 633. The number of benzene rings is 1. The topological polar surface area (TPSA) is 43.8 Å². The molecule has 114 valence electrons. The van der Waals surface area contributed by atoms with Crippen LogP contribution < -0.4 is 5.73 Å². The minimum atomic E-state index is 0.439. The lowest BCUT2D eigenvalue weighted by atomic mass is 9.83. The maximum absolute atomic E-state index is 5.93. The predicted molar refractivity (Wildman–Crippen MR) is 89.4 cm³/mol. The van der Waals surface area contributed by atoms with Gasteiger partial charge in [0.05, 0.1) is 11.0 Å². The van der Waals surface area contributed by atoms with Crippen LogP contribution in [0.1, 0.15) is 64.6 Å². The highest BCUT2D eigenvalue weighted by Crippen LogP contribution is 2.43. The molecule has 0 amide bonds. The van der Waals surface area contributed by atoms with E-state index in [2.05, 4.69) is 31.4 Å². The normalized spacial score (nSPS) is 17.9. The first-order valence-electron chi connectivity index (χ1n) is 8.30. The zero-order valence-corrected chi connectivity index (χ0v) is 13.5. The fourth-order valence-corrected chi connectivity index (χ4v) is 3.86. The van der Waals surface area contributed by atoms with Gasteiger partial charge >= 0.3 is 0 Å². The van der Waals surface area contributed by atoms with Gasteiger partial charge in [0.25, 0.3) is 0 Å². The zero-order valence-electron chi connectivity index (χ0n) is 13.5. The quantitative estimate of drug-likeness (QED) is 0.827. The molecular formula is C18H27N3. The third-order valence-electron chi connectivity index (χ3n) is 5.23. The first-order chi connectivity index (χ1) is 10.0. The molecule has 2 N–H and O–H groups in total. The molecule has 0 spiro atoms. The lowest BCUT2D eigenvalue weighted by Gasteiger charge is -2.29. The molecule has 3 heteroatoms. The summed E-state index contributed by atoms with van der Waals surface area (Å²) in [4.78, 5) is 4.86. The SMILES string of the molecule is CCC1(Cn2c(C(C)C)nc3cc(N)ccc32)CCCC1. The first-order valence-corrected chi connectivity index (χ1v) is 8.30. The van der Waals surface area contributed by atoms with Gasteiger partial charge in [-0.3, -0.25) is 0 Å². The van der Waals surface area contributed by atoms with Gasteiger partial charge in [-0.25, -0.2) is 4.98 Å². The number of hydrogen-bond acceptors (Lipinski definition) is 2. The van der Waals surface area contributed by atoms with E-state index in [9.17, 15) is 0 Å². The Morgan fingerprint density at radius 1 is 1.29 bits per heavy atom. The Morgan fingerprint density at radius 3 is 2.62 bits per heavy atom. The van der Waals surface area contributed by atoms with Crippen LogP contribution in [0.5, 0.6) is 0 Å². The van der Waals surface area contributed by atoms with Gasteiger partial charge < -0.3 is 10.3 Å². The minimum Gasteiger partial charge on any atom is -0.399 e. The van der Waals surface area contributed by atoms with Gasteiger partial charge in [-0.2, -0.15) is 0 Å². The molecule has 0 atom stereocenters. The molecule has 1 aliphatic rings. The van der Waals surface area contributed by atoms with Gasteiger partial charge in [-0.1, -0.05) is 33.6 Å². The summed E-state index contributed by atoms with van der Waals surface area (Å²) in [6.45, 7) is 7.91. The summed E-state index contributed by atoms with van der Waals surface area (Å²) in [5.74, 6) is 1.64. The van der Waals surface area contributed by atoms with Gasteiger partial charge in [0.2, 0.25) is 0 Å². The standard InChI is InChI=1S/C18H27N3/c1-4-18(9-5-6-10-18)12-21-16-8-7-14(19)11-15(16)20-17(21)13(2)3/h7-8,11,13H,4-6,9-10,12,19H2,1-3H3. The van der Waals surface area contributed by atoms with Gasteiger partial charge in [-0.05, 0) is 42.9 Å². The number of fused-ring (bicyclic) bond motifs is 1. The molecule has 3 nitrogen and oxygen atoms in total. The molecule has 3 rings (SSSR count). The van der Waals surface area contributed by atoms with Gasteiger partial charge in [0, 0.05) is 18.2 Å². The van der Waals surface area contributed by atoms with E-state index in [1.807, 2.05) is 12.1 Å². The second-order valence-corrected chi connectivity index (χ2v) is 7.02. The van der Waals surface area contributed by atoms with Crippen molar-refractivity contribution in [2.45, 2.75) is 65.3 Å². The van der Waals surface area contributed by atoms with E-state index in [4.69, 9.17) is 10.7 Å². The molecule has 1 saturated carbocycles. The molecule has 0 radical (unpaired) electrons. The van der Waals surface area contributed by atoms with Crippen LogP contribution in [0.3, 0.4) is 0 Å². The number of nitrogens with zero attached hydrogens (tertiary/aromatic N) is 2. The van der Waals surface area contributed by atoms with Crippen molar-refractivity contribution in [3.8, 4) is 0 Å². The van der Waals surface area contributed by atoms with Gasteiger partial charge in [0.15, 0.2) is 0 Å². The van der Waals surface area contributed by atoms with Crippen LogP contribution >= 0.6 is 0 Å². The van der Waals surface area contributed by atoms with Crippen molar-refractivity contribution in [1.82, 2.24) is 9.55 Å². The lowest BCUT2D eigenvalue weighted by Crippen LogP contribution is -2.24. The van der Waals surface area contributed by atoms with Crippen LogP contribution in [-0.2, 0) is 6.54 Å². The van der Waals surface area contributed by atoms with E-state index in [1.54, 1.807) is 0 Å². The molecule has 0 bridgehead atoms. The molecule has 1 aromatic carbocycles.